The molecule has 8 heteroatoms. The SMILES string of the molecule is CCc1cc(C(=O)O)c(=O)[nH]c1-c1ccc2c(c1)cc(CN1C[C@H]3CC[C@@H](N(C)C)[C@H]3C1)n2C.Cl. The van der Waals surface area contributed by atoms with Crippen LogP contribution in [0.4, 0.5) is 0 Å². The van der Waals surface area contributed by atoms with E-state index < -0.39 is 11.5 Å². The molecule has 188 valence electrons. The number of benzene rings is 1. The lowest BCUT2D eigenvalue weighted by molar-refractivity contribution is 0.0695. The van der Waals surface area contributed by atoms with E-state index in [1.807, 2.05) is 13.0 Å². The zero-order valence-electron chi connectivity index (χ0n) is 20.9. The molecule has 0 amide bonds. The van der Waals surface area contributed by atoms with Crippen LogP contribution >= 0.6 is 12.4 Å². The van der Waals surface area contributed by atoms with Crippen LogP contribution in [0, 0.1) is 11.8 Å². The fraction of sp³-hybridized carbons (Fsp3) is 0.481. The van der Waals surface area contributed by atoms with E-state index >= 15 is 0 Å². The molecule has 0 bridgehead atoms. The molecule has 3 aromatic rings. The summed E-state index contributed by atoms with van der Waals surface area (Å²) in [5, 5.41) is 10.4. The van der Waals surface area contributed by atoms with Gasteiger partial charge in [-0.05, 0) is 80.6 Å². The van der Waals surface area contributed by atoms with Crippen LogP contribution in [-0.4, -0.2) is 63.7 Å². The molecule has 5 rings (SSSR count). The van der Waals surface area contributed by atoms with Crippen LogP contribution in [0.25, 0.3) is 22.2 Å². The lowest BCUT2D eigenvalue weighted by Crippen LogP contribution is -2.34. The molecule has 1 aliphatic carbocycles. The molecule has 2 aromatic heterocycles. The first-order valence-corrected chi connectivity index (χ1v) is 12.2. The number of carboxylic acid groups (broad SMARTS) is 1. The molecule has 2 N–H and O–H groups in total. The molecule has 0 unspecified atom stereocenters. The average Bonchev–Trinajstić information content (AvgIpc) is 3.46. The van der Waals surface area contributed by atoms with Gasteiger partial charge < -0.3 is 19.6 Å². The number of nitrogens with one attached hydrogen (secondary N) is 1. The first kappa shape index (κ1) is 25.5. The van der Waals surface area contributed by atoms with Crippen molar-refractivity contribution in [2.75, 3.05) is 27.2 Å². The number of hydrogen-bond donors (Lipinski definition) is 2. The maximum absolute atomic E-state index is 12.3. The van der Waals surface area contributed by atoms with E-state index in [2.05, 4.69) is 58.7 Å². The predicted molar refractivity (Wildman–Crippen MR) is 142 cm³/mol. The van der Waals surface area contributed by atoms with E-state index in [1.165, 1.54) is 31.1 Å². The van der Waals surface area contributed by atoms with Crippen molar-refractivity contribution < 1.29 is 9.90 Å². The Morgan fingerprint density at radius 1 is 1.17 bits per heavy atom. The Labute approximate surface area is 212 Å². The number of hydrogen-bond acceptors (Lipinski definition) is 4. The number of aromatic amines is 1. The van der Waals surface area contributed by atoms with Crippen molar-refractivity contribution in [3.05, 3.63) is 57.5 Å². The Morgan fingerprint density at radius 2 is 1.94 bits per heavy atom. The lowest BCUT2D eigenvalue weighted by atomic mass is 9.97. The zero-order chi connectivity index (χ0) is 24.1. The molecule has 7 nitrogen and oxygen atoms in total. The molecule has 3 atom stereocenters. The van der Waals surface area contributed by atoms with Crippen LogP contribution in [0.15, 0.2) is 35.1 Å². The molecule has 0 spiro atoms. The molecule has 1 saturated carbocycles. The summed E-state index contributed by atoms with van der Waals surface area (Å²) in [4.78, 5) is 31.6. The van der Waals surface area contributed by atoms with Gasteiger partial charge in [0.1, 0.15) is 5.56 Å². The molecule has 1 saturated heterocycles. The minimum atomic E-state index is -1.20. The van der Waals surface area contributed by atoms with Crippen molar-refractivity contribution in [3.63, 3.8) is 0 Å². The molecular weight excluding hydrogens is 464 g/mol. The van der Waals surface area contributed by atoms with Gasteiger partial charge in [0.2, 0.25) is 0 Å². The topological polar surface area (TPSA) is 81.6 Å². The van der Waals surface area contributed by atoms with Crippen molar-refractivity contribution in [2.24, 2.45) is 18.9 Å². The molecule has 1 aliphatic heterocycles. The highest BCUT2D eigenvalue weighted by molar-refractivity contribution is 5.89. The van der Waals surface area contributed by atoms with Gasteiger partial charge in [-0.1, -0.05) is 13.0 Å². The van der Waals surface area contributed by atoms with Gasteiger partial charge in [0.05, 0.1) is 5.69 Å². The molecule has 2 aliphatic rings. The van der Waals surface area contributed by atoms with Crippen molar-refractivity contribution in [1.82, 2.24) is 19.4 Å². The number of fused-ring (bicyclic) bond motifs is 2. The van der Waals surface area contributed by atoms with Crippen LogP contribution in [0.1, 0.15) is 41.4 Å². The standard InChI is InChI=1S/C27H34N4O3.ClH/c1-5-16-12-21(27(33)34)26(32)28-25(16)17-6-8-23-19(10-17)11-20(30(23)4)14-31-13-18-7-9-24(29(2)3)22(18)15-31;/h6,8,10-12,18,22,24H,5,7,9,13-15H2,1-4H3,(H,28,32)(H,33,34);1H/t18-,22+,24-;/m1./s1. The summed E-state index contributed by atoms with van der Waals surface area (Å²) in [6.07, 6.45) is 3.29. The Balaban J connectivity index is 0.00000289. The number of aryl methyl sites for hydroxylation is 2. The minimum Gasteiger partial charge on any atom is -0.477 e. The van der Waals surface area contributed by atoms with Gasteiger partial charge in [-0.15, -0.1) is 12.4 Å². The summed E-state index contributed by atoms with van der Waals surface area (Å²) in [6, 6.07) is 10.7. The van der Waals surface area contributed by atoms with Crippen molar-refractivity contribution in [3.8, 4) is 11.3 Å². The summed E-state index contributed by atoms with van der Waals surface area (Å²) in [7, 11) is 6.55. The first-order chi connectivity index (χ1) is 16.3. The lowest BCUT2D eigenvalue weighted by Gasteiger charge is -2.26. The Hall–Kier alpha value is -2.61. The van der Waals surface area contributed by atoms with Gasteiger partial charge in [-0.2, -0.15) is 0 Å². The highest BCUT2D eigenvalue weighted by atomic mass is 35.5. The van der Waals surface area contributed by atoms with E-state index in [-0.39, 0.29) is 18.0 Å². The smallest absolute Gasteiger partial charge is 0.341 e. The number of pyridine rings is 1. The summed E-state index contributed by atoms with van der Waals surface area (Å²) in [6.45, 7) is 5.25. The number of aromatic nitrogens is 2. The normalized spacial score (nSPS) is 22.0. The van der Waals surface area contributed by atoms with Gasteiger partial charge in [0.15, 0.2) is 0 Å². The number of halogens is 1. The van der Waals surface area contributed by atoms with Gasteiger partial charge in [-0.25, -0.2) is 4.79 Å². The van der Waals surface area contributed by atoms with Gasteiger partial charge in [0.25, 0.3) is 5.56 Å². The van der Waals surface area contributed by atoms with E-state index in [0.717, 1.165) is 47.0 Å². The Kier molecular flexibility index (Phi) is 7.13. The third-order valence-electron chi connectivity index (χ3n) is 8.11. The number of H-pyrrole nitrogens is 1. The quantitative estimate of drug-likeness (QED) is 0.537. The second kappa shape index (κ2) is 9.80. The number of carboxylic acids is 1. The molecule has 35 heavy (non-hydrogen) atoms. The van der Waals surface area contributed by atoms with Crippen LogP contribution in [0.3, 0.4) is 0 Å². The number of carbonyl (C=O) groups is 1. The third-order valence-corrected chi connectivity index (χ3v) is 8.11. The fourth-order valence-electron chi connectivity index (χ4n) is 6.31. The monoisotopic (exact) mass is 498 g/mol. The molecule has 1 aromatic carbocycles. The number of nitrogens with zero attached hydrogens (tertiary/aromatic N) is 3. The molecule has 2 fully saturated rings. The van der Waals surface area contributed by atoms with Gasteiger partial charge in [-0.3, -0.25) is 9.69 Å². The summed E-state index contributed by atoms with van der Waals surface area (Å²) in [5.74, 6) is 0.384. The predicted octanol–water partition coefficient (Wildman–Crippen LogP) is 3.99. The maximum Gasteiger partial charge on any atom is 0.341 e. The molecule has 3 heterocycles. The van der Waals surface area contributed by atoms with Crippen molar-refractivity contribution in [2.45, 2.75) is 38.8 Å². The Morgan fingerprint density at radius 3 is 2.63 bits per heavy atom. The number of rotatable bonds is 6. The van der Waals surface area contributed by atoms with E-state index in [0.29, 0.717) is 18.2 Å². The zero-order valence-corrected chi connectivity index (χ0v) is 21.7. The van der Waals surface area contributed by atoms with Crippen LogP contribution in [-0.2, 0) is 20.0 Å². The highest BCUT2D eigenvalue weighted by Gasteiger charge is 2.43. The van der Waals surface area contributed by atoms with E-state index in [9.17, 15) is 14.7 Å². The van der Waals surface area contributed by atoms with Gasteiger partial charge in [0, 0.05) is 49.3 Å². The molecular formula is C27H35ClN4O3. The summed E-state index contributed by atoms with van der Waals surface area (Å²) >= 11 is 0. The number of aromatic carboxylic acids is 1. The second-order valence-electron chi connectivity index (χ2n) is 10.3. The van der Waals surface area contributed by atoms with Crippen LogP contribution in [0.2, 0.25) is 0 Å². The summed E-state index contributed by atoms with van der Waals surface area (Å²) in [5.41, 5.74) is 4.10. The maximum atomic E-state index is 12.3. The van der Waals surface area contributed by atoms with Crippen LogP contribution in [0.5, 0.6) is 0 Å². The molecule has 0 radical (unpaired) electrons. The van der Waals surface area contributed by atoms with Crippen molar-refractivity contribution >= 4 is 29.3 Å². The fourth-order valence-corrected chi connectivity index (χ4v) is 6.31. The Bertz CT molecular complexity index is 1310. The van der Waals surface area contributed by atoms with Gasteiger partial charge >= 0.3 is 5.97 Å². The number of likely N-dealkylation sites (tertiary alicyclic amines) is 1. The van der Waals surface area contributed by atoms with E-state index in [1.54, 1.807) is 0 Å². The average molecular weight is 499 g/mol. The van der Waals surface area contributed by atoms with Crippen LogP contribution < -0.4 is 5.56 Å². The van der Waals surface area contributed by atoms with Crippen molar-refractivity contribution in [1.29, 1.82) is 0 Å². The summed E-state index contributed by atoms with van der Waals surface area (Å²) < 4.78 is 2.27. The second-order valence-corrected chi connectivity index (χ2v) is 10.3. The third kappa shape index (κ3) is 4.53. The van der Waals surface area contributed by atoms with E-state index in [4.69, 9.17) is 0 Å². The largest absolute Gasteiger partial charge is 0.477 e. The minimum absolute atomic E-state index is 0. The highest BCUT2D eigenvalue weighted by Crippen LogP contribution is 2.40. The first-order valence-electron chi connectivity index (χ1n) is 12.2.